The number of nitrogens with zero attached hydrogens (tertiary/aromatic N) is 4. The monoisotopic (exact) mass is 276 g/mol. The van der Waals surface area contributed by atoms with Gasteiger partial charge < -0.3 is 15.2 Å². The van der Waals surface area contributed by atoms with E-state index in [9.17, 15) is 0 Å². The maximum atomic E-state index is 5.06. The van der Waals surface area contributed by atoms with Gasteiger partial charge in [0.25, 0.3) is 0 Å². The number of hydrogen-bond acceptors (Lipinski definition) is 8. The van der Waals surface area contributed by atoms with Crippen molar-refractivity contribution >= 4 is 33.3 Å². The van der Waals surface area contributed by atoms with Crippen molar-refractivity contribution in [3.63, 3.8) is 0 Å². The van der Waals surface area contributed by atoms with Gasteiger partial charge in [0.15, 0.2) is 5.82 Å². The highest BCUT2D eigenvalue weighted by molar-refractivity contribution is 7.16. The molecule has 98 valence electrons. The molecule has 0 saturated carbocycles. The molecular weight excluding hydrogens is 264 g/mol. The number of fused-ring (bicyclic) bond motifs is 1. The molecule has 0 amide bonds. The van der Waals surface area contributed by atoms with Crippen molar-refractivity contribution in [3.05, 3.63) is 23.2 Å². The highest BCUT2D eigenvalue weighted by atomic mass is 32.1. The fourth-order valence-corrected chi connectivity index (χ4v) is 2.44. The summed E-state index contributed by atoms with van der Waals surface area (Å²) in [6, 6.07) is 1.99. The fraction of sp³-hybridized carbons (Fsp3) is 0.273. The molecule has 3 aromatic heterocycles. The highest BCUT2D eigenvalue weighted by Crippen LogP contribution is 2.26. The summed E-state index contributed by atoms with van der Waals surface area (Å²) in [4.78, 5) is 13.8. The summed E-state index contributed by atoms with van der Waals surface area (Å²) in [6.45, 7) is 2.22. The van der Waals surface area contributed by atoms with Gasteiger partial charge in [-0.05, 0) is 18.4 Å². The number of thiophene rings is 1. The number of anilines is 2. The smallest absolute Gasteiger partial charge is 0.245 e. The molecule has 0 aliphatic heterocycles. The van der Waals surface area contributed by atoms with Gasteiger partial charge in [0.05, 0.1) is 11.9 Å². The van der Waals surface area contributed by atoms with Gasteiger partial charge in [0.2, 0.25) is 11.8 Å². The number of aromatic nitrogens is 4. The van der Waals surface area contributed by atoms with Crippen LogP contribution >= 0.6 is 11.3 Å². The number of aryl methyl sites for hydroxylation is 1. The third kappa shape index (κ3) is 2.34. The molecular formula is C11H12N6OS. The first-order valence-corrected chi connectivity index (χ1v) is 6.60. The molecule has 0 aliphatic carbocycles. The van der Waals surface area contributed by atoms with Crippen LogP contribution in [-0.4, -0.2) is 27.2 Å². The fourth-order valence-electron chi connectivity index (χ4n) is 1.67. The first-order chi connectivity index (χ1) is 9.26. The third-order valence-electron chi connectivity index (χ3n) is 2.53. The van der Waals surface area contributed by atoms with Crippen molar-refractivity contribution in [1.82, 2.24) is 20.1 Å². The molecule has 0 aliphatic rings. The van der Waals surface area contributed by atoms with Crippen molar-refractivity contribution in [3.8, 4) is 0 Å². The van der Waals surface area contributed by atoms with Crippen molar-refractivity contribution in [2.75, 3.05) is 17.7 Å². The Bertz CT molecular complexity index is 706. The zero-order valence-corrected chi connectivity index (χ0v) is 11.3. The number of hydrogen-bond donors (Lipinski definition) is 2. The van der Waals surface area contributed by atoms with E-state index in [-0.39, 0.29) is 0 Å². The first kappa shape index (κ1) is 11.8. The summed E-state index contributed by atoms with van der Waals surface area (Å²) in [6.07, 6.45) is 0. The van der Waals surface area contributed by atoms with Crippen LogP contribution < -0.4 is 10.6 Å². The van der Waals surface area contributed by atoms with E-state index in [1.807, 2.05) is 11.4 Å². The second-order valence-corrected chi connectivity index (χ2v) is 4.77. The van der Waals surface area contributed by atoms with Gasteiger partial charge in [0, 0.05) is 7.05 Å². The lowest BCUT2D eigenvalue weighted by Gasteiger charge is -2.06. The van der Waals surface area contributed by atoms with Crippen LogP contribution in [0.2, 0.25) is 0 Å². The Morgan fingerprint density at radius 3 is 2.95 bits per heavy atom. The van der Waals surface area contributed by atoms with Gasteiger partial charge in [-0.15, -0.1) is 11.3 Å². The van der Waals surface area contributed by atoms with Crippen LogP contribution in [0.15, 0.2) is 16.0 Å². The minimum atomic E-state index is 0.436. The van der Waals surface area contributed by atoms with Crippen molar-refractivity contribution in [2.24, 2.45) is 0 Å². The van der Waals surface area contributed by atoms with Crippen LogP contribution in [0.3, 0.4) is 0 Å². The summed E-state index contributed by atoms with van der Waals surface area (Å²) in [5.41, 5.74) is 0. The first-order valence-electron chi connectivity index (χ1n) is 5.72. The average Bonchev–Trinajstić information content (AvgIpc) is 3.04. The Morgan fingerprint density at radius 2 is 2.21 bits per heavy atom. The molecule has 19 heavy (non-hydrogen) atoms. The van der Waals surface area contributed by atoms with E-state index in [2.05, 4.69) is 30.7 Å². The third-order valence-corrected chi connectivity index (χ3v) is 3.33. The zero-order valence-electron chi connectivity index (χ0n) is 10.5. The van der Waals surface area contributed by atoms with Crippen LogP contribution in [0.25, 0.3) is 10.2 Å². The van der Waals surface area contributed by atoms with Gasteiger partial charge in [-0.2, -0.15) is 9.97 Å². The summed E-state index contributed by atoms with van der Waals surface area (Å²) in [7, 11) is 1.79. The van der Waals surface area contributed by atoms with Crippen LogP contribution in [0.4, 0.5) is 11.8 Å². The second kappa shape index (κ2) is 4.81. The van der Waals surface area contributed by atoms with E-state index in [0.29, 0.717) is 24.2 Å². The molecule has 0 aromatic carbocycles. The highest BCUT2D eigenvalue weighted by Gasteiger charge is 2.09. The quantitative estimate of drug-likeness (QED) is 0.753. The molecule has 3 heterocycles. The SMILES string of the molecule is CNc1nc(NCc2nc(C)no2)c2ccsc2n1. The van der Waals surface area contributed by atoms with Gasteiger partial charge in [0.1, 0.15) is 10.6 Å². The summed E-state index contributed by atoms with van der Waals surface area (Å²) in [5, 5.41) is 12.9. The lowest BCUT2D eigenvalue weighted by Crippen LogP contribution is -2.05. The van der Waals surface area contributed by atoms with Crippen molar-refractivity contribution in [1.29, 1.82) is 0 Å². The maximum Gasteiger partial charge on any atom is 0.245 e. The van der Waals surface area contributed by atoms with E-state index in [1.54, 1.807) is 25.3 Å². The average molecular weight is 276 g/mol. The lowest BCUT2D eigenvalue weighted by molar-refractivity contribution is 0.379. The summed E-state index contributed by atoms with van der Waals surface area (Å²) in [5.74, 6) is 2.49. The predicted molar refractivity (Wildman–Crippen MR) is 73.3 cm³/mol. The number of nitrogens with one attached hydrogen (secondary N) is 2. The Labute approximate surface area is 113 Å². The molecule has 7 nitrogen and oxygen atoms in total. The van der Waals surface area contributed by atoms with Gasteiger partial charge >= 0.3 is 0 Å². The Kier molecular flexibility index (Phi) is 3.00. The van der Waals surface area contributed by atoms with E-state index in [0.717, 1.165) is 16.0 Å². The minimum Gasteiger partial charge on any atom is -0.360 e. The van der Waals surface area contributed by atoms with Crippen molar-refractivity contribution < 1.29 is 4.52 Å². The second-order valence-electron chi connectivity index (χ2n) is 3.87. The van der Waals surface area contributed by atoms with E-state index < -0.39 is 0 Å². The molecule has 0 saturated heterocycles. The summed E-state index contributed by atoms with van der Waals surface area (Å²) >= 11 is 1.57. The van der Waals surface area contributed by atoms with Crippen LogP contribution in [0.1, 0.15) is 11.7 Å². The Hall–Kier alpha value is -2.22. The largest absolute Gasteiger partial charge is 0.360 e. The van der Waals surface area contributed by atoms with Crippen molar-refractivity contribution in [2.45, 2.75) is 13.5 Å². The van der Waals surface area contributed by atoms with Crippen LogP contribution in [0.5, 0.6) is 0 Å². The Balaban J connectivity index is 1.88. The lowest BCUT2D eigenvalue weighted by atomic mass is 10.4. The normalized spacial score (nSPS) is 10.8. The molecule has 0 radical (unpaired) electrons. The minimum absolute atomic E-state index is 0.436. The molecule has 0 unspecified atom stereocenters. The molecule has 0 spiro atoms. The molecule has 0 fully saturated rings. The zero-order chi connectivity index (χ0) is 13.2. The summed E-state index contributed by atoms with van der Waals surface area (Å²) < 4.78 is 5.06. The van der Waals surface area contributed by atoms with Crippen LogP contribution in [0, 0.1) is 6.92 Å². The van der Waals surface area contributed by atoms with Gasteiger partial charge in [-0.1, -0.05) is 5.16 Å². The topological polar surface area (TPSA) is 88.8 Å². The standard InChI is InChI=1S/C11H12N6OS/c1-6-14-8(18-17-6)5-13-9-7-3-4-19-10(7)16-11(12-2)15-9/h3-4H,5H2,1-2H3,(H2,12,13,15,16). The van der Waals surface area contributed by atoms with Gasteiger partial charge in [-0.25, -0.2) is 4.98 Å². The van der Waals surface area contributed by atoms with E-state index >= 15 is 0 Å². The molecule has 3 rings (SSSR count). The molecule has 0 atom stereocenters. The molecule has 0 bridgehead atoms. The predicted octanol–water partition coefficient (Wildman–Crippen LogP) is 2.04. The Morgan fingerprint density at radius 1 is 1.32 bits per heavy atom. The van der Waals surface area contributed by atoms with E-state index in [1.165, 1.54) is 0 Å². The molecule has 2 N–H and O–H groups in total. The van der Waals surface area contributed by atoms with Crippen LogP contribution in [-0.2, 0) is 6.54 Å². The number of rotatable bonds is 4. The molecule has 8 heteroatoms. The van der Waals surface area contributed by atoms with E-state index in [4.69, 9.17) is 4.52 Å². The maximum absolute atomic E-state index is 5.06. The van der Waals surface area contributed by atoms with Gasteiger partial charge in [-0.3, -0.25) is 0 Å². The molecule has 3 aromatic rings.